The van der Waals surface area contributed by atoms with Crippen LogP contribution in [0.4, 0.5) is 5.69 Å². The van der Waals surface area contributed by atoms with E-state index in [4.69, 9.17) is 9.47 Å². The van der Waals surface area contributed by atoms with Crippen LogP contribution in [0.5, 0.6) is 0 Å². The fourth-order valence-corrected chi connectivity index (χ4v) is 3.99. The Morgan fingerprint density at radius 1 is 1.21 bits per heavy atom. The van der Waals surface area contributed by atoms with Gasteiger partial charge in [-0.2, -0.15) is 0 Å². The van der Waals surface area contributed by atoms with E-state index in [0.29, 0.717) is 11.3 Å². The van der Waals surface area contributed by atoms with Gasteiger partial charge in [0.05, 0.1) is 11.7 Å². The number of nitrogens with one attached hydrogen (secondary N) is 1. The minimum Gasteiger partial charge on any atom is -0.449 e. The maximum atomic E-state index is 12.6. The minimum absolute atomic E-state index is 0.230. The van der Waals surface area contributed by atoms with E-state index in [-0.39, 0.29) is 12.0 Å². The lowest BCUT2D eigenvalue weighted by Crippen LogP contribution is -2.30. The Labute approximate surface area is 169 Å². The summed E-state index contributed by atoms with van der Waals surface area (Å²) in [4.78, 5) is 25.8. The second kappa shape index (κ2) is 9.75. The highest BCUT2D eigenvalue weighted by molar-refractivity contribution is 7.99. The monoisotopic (exact) mass is 399 g/mol. The number of hydrogen-bond acceptors (Lipinski definition) is 5. The van der Waals surface area contributed by atoms with E-state index >= 15 is 0 Å². The maximum absolute atomic E-state index is 12.6. The number of rotatable bonds is 7. The molecule has 2 aromatic rings. The summed E-state index contributed by atoms with van der Waals surface area (Å²) in [7, 11) is 0. The molecule has 0 radical (unpaired) electrons. The molecule has 0 bridgehead atoms. The van der Waals surface area contributed by atoms with Gasteiger partial charge in [-0.3, -0.25) is 4.79 Å². The highest BCUT2D eigenvalue weighted by Crippen LogP contribution is 2.27. The molecule has 5 nitrogen and oxygen atoms in total. The molecule has 0 spiro atoms. The quantitative estimate of drug-likeness (QED) is 0.550. The molecule has 1 saturated heterocycles. The summed E-state index contributed by atoms with van der Waals surface area (Å²) in [6.45, 7) is 4.36. The summed E-state index contributed by atoms with van der Waals surface area (Å²) in [5, 5.41) is 2.76. The van der Waals surface area contributed by atoms with Gasteiger partial charge in [-0.15, -0.1) is 11.8 Å². The van der Waals surface area contributed by atoms with E-state index in [9.17, 15) is 9.59 Å². The molecular weight excluding hydrogens is 374 g/mol. The predicted octanol–water partition coefficient (Wildman–Crippen LogP) is 4.45. The molecule has 148 valence electrons. The zero-order valence-electron chi connectivity index (χ0n) is 16.1. The Morgan fingerprint density at radius 2 is 1.96 bits per heavy atom. The van der Waals surface area contributed by atoms with Crippen molar-refractivity contribution in [3.05, 3.63) is 59.7 Å². The highest BCUT2D eigenvalue weighted by Gasteiger charge is 2.22. The number of carbonyl (C=O) groups is 2. The molecule has 1 aliphatic rings. The number of esters is 1. The molecule has 0 unspecified atom stereocenters. The van der Waals surface area contributed by atoms with Crippen LogP contribution >= 0.6 is 11.8 Å². The molecule has 0 saturated carbocycles. The smallest absolute Gasteiger partial charge is 0.340 e. The fraction of sp³-hybridized carbons (Fsp3) is 0.364. The van der Waals surface area contributed by atoms with Crippen LogP contribution in [0.15, 0.2) is 53.4 Å². The van der Waals surface area contributed by atoms with Gasteiger partial charge in [-0.25, -0.2) is 4.79 Å². The van der Waals surface area contributed by atoms with Crippen LogP contribution in [0.1, 0.15) is 35.7 Å². The minimum atomic E-state index is -0.898. The van der Waals surface area contributed by atoms with Gasteiger partial charge in [-0.05, 0) is 51.0 Å². The number of anilines is 1. The number of benzene rings is 2. The Balaban J connectivity index is 1.58. The largest absolute Gasteiger partial charge is 0.449 e. The van der Waals surface area contributed by atoms with Gasteiger partial charge in [-0.1, -0.05) is 29.8 Å². The van der Waals surface area contributed by atoms with Crippen molar-refractivity contribution in [3.8, 4) is 0 Å². The number of carbonyl (C=O) groups excluding carboxylic acids is 2. The molecule has 1 amide bonds. The summed E-state index contributed by atoms with van der Waals surface area (Å²) in [5.41, 5.74) is 2.25. The molecule has 0 aromatic heterocycles. The molecule has 2 atom stereocenters. The second-order valence-electron chi connectivity index (χ2n) is 6.85. The molecule has 3 rings (SSSR count). The van der Waals surface area contributed by atoms with Gasteiger partial charge in [0.15, 0.2) is 6.10 Å². The van der Waals surface area contributed by atoms with Gasteiger partial charge in [0.2, 0.25) is 0 Å². The Kier molecular flexibility index (Phi) is 7.12. The number of hydrogen-bond donors (Lipinski definition) is 1. The molecule has 2 aromatic carbocycles. The Morgan fingerprint density at radius 3 is 2.68 bits per heavy atom. The summed E-state index contributed by atoms with van der Waals surface area (Å²) in [5.74, 6) is -0.0583. The third kappa shape index (κ3) is 5.59. The first kappa shape index (κ1) is 20.4. The summed E-state index contributed by atoms with van der Waals surface area (Å²) in [6.07, 6.45) is 1.47. The average molecular weight is 400 g/mol. The molecule has 0 aliphatic carbocycles. The standard InChI is InChI=1S/C22H25NO4S/c1-15-9-11-17(12-10-15)23-21(24)16(2)27-22(25)19-7-3-4-8-20(19)28-14-18-6-5-13-26-18/h3-4,7-12,16,18H,5-6,13-14H2,1-2H3,(H,23,24)/t16-,18-/m1/s1. The van der Waals surface area contributed by atoms with E-state index < -0.39 is 12.1 Å². The van der Waals surface area contributed by atoms with Crippen LogP contribution in [-0.2, 0) is 14.3 Å². The molecule has 6 heteroatoms. The predicted molar refractivity (Wildman–Crippen MR) is 111 cm³/mol. The van der Waals surface area contributed by atoms with Gasteiger partial charge in [0.25, 0.3) is 5.91 Å². The number of aryl methyl sites for hydroxylation is 1. The molecule has 1 heterocycles. The third-order valence-corrected chi connectivity index (χ3v) is 5.73. The van der Waals surface area contributed by atoms with Crippen molar-refractivity contribution in [1.29, 1.82) is 0 Å². The van der Waals surface area contributed by atoms with Crippen LogP contribution < -0.4 is 5.32 Å². The normalized spacial score (nSPS) is 17.1. The molecule has 1 N–H and O–H groups in total. The topological polar surface area (TPSA) is 64.6 Å². The lowest BCUT2D eigenvalue weighted by molar-refractivity contribution is -0.123. The van der Waals surface area contributed by atoms with Crippen molar-refractivity contribution in [2.45, 2.75) is 43.8 Å². The van der Waals surface area contributed by atoms with Crippen LogP contribution in [0, 0.1) is 6.92 Å². The lowest BCUT2D eigenvalue weighted by Gasteiger charge is -2.15. The van der Waals surface area contributed by atoms with Crippen molar-refractivity contribution in [2.24, 2.45) is 0 Å². The van der Waals surface area contributed by atoms with E-state index in [1.165, 1.54) is 0 Å². The summed E-state index contributed by atoms with van der Waals surface area (Å²) in [6, 6.07) is 14.8. The SMILES string of the molecule is Cc1ccc(NC(=O)[C@@H](C)OC(=O)c2ccccc2SC[C@H]2CCCO2)cc1. The molecule has 1 aliphatic heterocycles. The maximum Gasteiger partial charge on any atom is 0.340 e. The molecule has 28 heavy (non-hydrogen) atoms. The van der Waals surface area contributed by atoms with E-state index in [2.05, 4.69) is 5.32 Å². The van der Waals surface area contributed by atoms with Gasteiger partial charge < -0.3 is 14.8 Å². The zero-order valence-corrected chi connectivity index (χ0v) is 17.0. The number of amides is 1. The van der Waals surface area contributed by atoms with E-state index in [1.54, 1.807) is 30.8 Å². The first-order chi connectivity index (χ1) is 13.5. The second-order valence-corrected chi connectivity index (χ2v) is 7.91. The van der Waals surface area contributed by atoms with E-state index in [0.717, 1.165) is 35.7 Å². The fourth-order valence-electron chi connectivity index (χ4n) is 2.88. The van der Waals surface area contributed by atoms with Crippen LogP contribution in [0.25, 0.3) is 0 Å². The average Bonchev–Trinajstić information content (AvgIpc) is 3.22. The van der Waals surface area contributed by atoms with Crippen molar-refractivity contribution in [1.82, 2.24) is 0 Å². The molecule has 1 fully saturated rings. The van der Waals surface area contributed by atoms with Gasteiger partial charge in [0, 0.05) is 22.9 Å². The van der Waals surface area contributed by atoms with Crippen LogP contribution in [-0.4, -0.2) is 36.4 Å². The lowest BCUT2D eigenvalue weighted by atomic mass is 10.2. The van der Waals surface area contributed by atoms with Crippen molar-refractivity contribution in [3.63, 3.8) is 0 Å². The van der Waals surface area contributed by atoms with Gasteiger partial charge >= 0.3 is 5.97 Å². The van der Waals surface area contributed by atoms with Crippen molar-refractivity contribution >= 4 is 29.3 Å². The Bertz CT molecular complexity index is 816. The Hall–Kier alpha value is -2.31. The summed E-state index contributed by atoms with van der Waals surface area (Å²) >= 11 is 1.59. The first-order valence-corrected chi connectivity index (χ1v) is 10.4. The highest BCUT2D eigenvalue weighted by atomic mass is 32.2. The number of ether oxygens (including phenoxy) is 2. The van der Waals surface area contributed by atoms with E-state index in [1.807, 2.05) is 43.3 Å². The third-order valence-electron chi connectivity index (χ3n) is 4.53. The molecular formula is C22H25NO4S. The first-order valence-electron chi connectivity index (χ1n) is 9.45. The number of thioether (sulfide) groups is 1. The zero-order chi connectivity index (χ0) is 19.9. The van der Waals surface area contributed by atoms with Crippen LogP contribution in [0.3, 0.4) is 0 Å². The van der Waals surface area contributed by atoms with Crippen molar-refractivity contribution < 1.29 is 19.1 Å². The van der Waals surface area contributed by atoms with Crippen molar-refractivity contribution in [2.75, 3.05) is 17.7 Å². The van der Waals surface area contributed by atoms with Crippen LogP contribution in [0.2, 0.25) is 0 Å². The summed E-state index contributed by atoms with van der Waals surface area (Å²) < 4.78 is 11.1. The van der Waals surface area contributed by atoms with Gasteiger partial charge in [0.1, 0.15) is 0 Å².